The number of rotatable bonds is 7. The summed E-state index contributed by atoms with van der Waals surface area (Å²) >= 11 is 6.15. The topological polar surface area (TPSA) is 89.0 Å². The van der Waals surface area contributed by atoms with Gasteiger partial charge in [-0.1, -0.05) is 35.9 Å². The SMILES string of the molecule is COc1cc(/C(C)=N/NC(=O)C(=O)Nc2cccc(C(F)(F)F)c2)ccc1OCc1ccccc1Cl. The number of anilines is 1. The number of carbonyl (C=O) groups is 2. The van der Waals surface area contributed by atoms with Crippen LogP contribution in [0.4, 0.5) is 18.9 Å². The lowest BCUT2D eigenvalue weighted by Gasteiger charge is -2.13. The Morgan fingerprint density at radius 3 is 2.42 bits per heavy atom. The van der Waals surface area contributed by atoms with Crippen LogP contribution in [0.5, 0.6) is 11.5 Å². The predicted molar refractivity (Wildman–Crippen MR) is 129 cm³/mol. The summed E-state index contributed by atoms with van der Waals surface area (Å²) in [5, 5.41) is 6.57. The van der Waals surface area contributed by atoms with Crippen LogP contribution in [0.3, 0.4) is 0 Å². The van der Waals surface area contributed by atoms with Gasteiger partial charge < -0.3 is 14.8 Å². The van der Waals surface area contributed by atoms with E-state index in [0.717, 1.165) is 23.8 Å². The Hall–Kier alpha value is -4.05. The molecule has 0 saturated carbocycles. The summed E-state index contributed by atoms with van der Waals surface area (Å²) in [4.78, 5) is 24.1. The molecule has 2 amide bonds. The van der Waals surface area contributed by atoms with E-state index in [9.17, 15) is 22.8 Å². The minimum Gasteiger partial charge on any atom is -0.493 e. The van der Waals surface area contributed by atoms with E-state index < -0.39 is 23.6 Å². The molecule has 0 aromatic heterocycles. The van der Waals surface area contributed by atoms with E-state index in [-0.39, 0.29) is 12.3 Å². The van der Waals surface area contributed by atoms with Crippen molar-refractivity contribution in [2.45, 2.75) is 19.7 Å². The van der Waals surface area contributed by atoms with E-state index >= 15 is 0 Å². The maximum atomic E-state index is 12.8. The molecule has 0 aliphatic carbocycles. The number of nitrogens with zero attached hydrogens (tertiary/aromatic N) is 1. The maximum Gasteiger partial charge on any atom is 0.416 e. The van der Waals surface area contributed by atoms with Gasteiger partial charge in [-0.15, -0.1) is 0 Å². The first-order valence-corrected chi connectivity index (χ1v) is 10.8. The van der Waals surface area contributed by atoms with Crippen LogP contribution < -0.4 is 20.2 Å². The monoisotopic (exact) mass is 519 g/mol. The van der Waals surface area contributed by atoms with E-state index in [2.05, 4.69) is 15.8 Å². The highest BCUT2D eigenvalue weighted by Crippen LogP contribution is 2.31. The van der Waals surface area contributed by atoms with Crippen molar-refractivity contribution < 1.29 is 32.2 Å². The Morgan fingerprint density at radius 2 is 1.72 bits per heavy atom. The first kappa shape index (κ1) is 26.6. The lowest BCUT2D eigenvalue weighted by molar-refractivity contribution is -0.137. The fourth-order valence-corrected chi connectivity index (χ4v) is 3.18. The second-order valence-electron chi connectivity index (χ2n) is 7.42. The fraction of sp³-hybridized carbons (Fsp3) is 0.160. The highest BCUT2D eigenvalue weighted by Gasteiger charge is 2.30. The molecule has 0 spiro atoms. The summed E-state index contributed by atoms with van der Waals surface area (Å²) in [6.45, 7) is 1.81. The number of hydrogen-bond acceptors (Lipinski definition) is 5. The molecule has 0 aliphatic heterocycles. The molecule has 3 rings (SSSR count). The van der Waals surface area contributed by atoms with E-state index in [1.54, 1.807) is 31.2 Å². The number of ether oxygens (including phenoxy) is 2. The van der Waals surface area contributed by atoms with Crippen molar-refractivity contribution in [1.82, 2.24) is 5.43 Å². The predicted octanol–water partition coefficient (Wildman–Crippen LogP) is 5.43. The molecule has 36 heavy (non-hydrogen) atoms. The van der Waals surface area contributed by atoms with E-state index in [4.69, 9.17) is 21.1 Å². The Morgan fingerprint density at radius 1 is 0.972 bits per heavy atom. The number of halogens is 4. The molecular formula is C25H21ClF3N3O4. The molecule has 0 bridgehead atoms. The minimum atomic E-state index is -4.58. The summed E-state index contributed by atoms with van der Waals surface area (Å²) in [5.74, 6) is -1.47. The Bertz CT molecular complexity index is 1300. The molecule has 0 heterocycles. The Kier molecular flexibility index (Phi) is 8.55. The Balaban J connectivity index is 1.63. The van der Waals surface area contributed by atoms with Crippen LogP contribution in [-0.2, 0) is 22.4 Å². The highest BCUT2D eigenvalue weighted by molar-refractivity contribution is 6.39. The van der Waals surface area contributed by atoms with Crippen LogP contribution in [0, 0.1) is 0 Å². The van der Waals surface area contributed by atoms with Crippen molar-refractivity contribution in [3.63, 3.8) is 0 Å². The number of carbonyl (C=O) groups excluding carboxylic acids is 2. The average Bonchev–Trinajstić information content (AvgIpc) is 2.86. The highest BCUT2D eigenvalue weighted by atomic mass is 35.5. The number of benzene rings is 3. The standard InChI is InChI=1S/C25H21ClF3N3O4/c1-15(31-32-24(34)23(33)30-19-8-5-7-18(13-19)25(27,28)29)16-10-11-21(22(12-16)35-2)36-14-17-6-3-4-9-20(17)26/h3-13H,14H2,1-2H3,(H,30,33)(H,32,34)/b31-15+. The minimum absolute atomic E-state index is 0.178. The second-order valence-corrected chi connectivity index (χ2v) is 7.82. The summed E-state index contributed by atoms with van der Waals surface area (Å²) in [6, 6.07) is 16.2. The molecule has 0 fully saturated rings. The van der Waals surface area contributed by atoms with Crippen LogP contribution in [0.15, 0.2) is 71.8 Å². The van der Waals surface area contributed by atoms with Gasteiger partial charge in [0.25, 0.3) is 0 Å². The van der Waals surface area contributed by atoms with Crippen LogP contribution in [-0.4, -0.2) is 24.6 Å². The van der Waals surface area contributed by atoms with Crippen molar-refractivity contribution in [2.75, 3.05) is 12.4 Å². The second kappa shape index (κ2) is 11.6. The van der Waals surface area contributed by atoms with E-state index in [1.165, 1.54) is 13.2 Å². The summed E-state index contributed by atoms with van der Waals surface area (Å²) in [6.07, 6.45) is -4.58. The zero-order valence-electron chi connectivity index (χ0n) is 19.2. The maximum absolute atomic E-state index is 12.8. The van der Waals surface area contributed by atoms with Gasteiger partial charge in [0, 0.05) is 21.8 Å². The number of hydrazone groups is 1. The first-order valence-electron chi connectivity index (χ1n) is 10.5. The zero-order valence-corrected chi connectivity index (χ0v) is 19.9. The van der Waals surface area contributed by atoms with Gasteiger partial charge in [0.15, 0.2) is 11.5 Å². The molecule has 3 aromatic carbocycles. The van der Waals surface area contributed by atoms with Gasteiger partial charge in [-0.25, -0.2) is 5.43 Å². The molecule has 11 heteroatoms. The van der Waals surface area contributed by atoms with Gasteiger partial charge in [0.1, 0.15) is 6.61 Å². The third-order valence-electron chi connectivity index (χ3n) is 4.90. The van der Waals surface area contributed by atoms with Gasteiger partial charge in [-0.2, -0.15) is 18.3 Å². The quantitative estimate of drug-likeness (QED) is 0.248. The van der Waals surface area contributed by atoms with Crippen molar-refractivity contribution >= 4 is 34.8 Å². The molecular weight excluding hydrogens is 499 g/mol. The van der Waals surface area contributed by atoms with Crippen LogP contribution in [0.1, 0.15) is 23.6 Å². The number of methoxy groups -OCH3 is 1. The fourth-order valence-electron chi connectivity index (χ4n) is 2.99. The van der Waals surface area contributed by atoms with Crippen LogP contribution in [0.25, 0.3) is 0 Å². The zero-order chi connectivity index (χ0) is 26.3. The Labute approximate surface area is 209 Å². The molecule has 0 radical (unpaired) electrons. The normalized spacial score (nSPS) is 11.6. The molecule has 188 valence electrons. The average molecular weight is 520 g/mol. The summed E-state index contributed by atoms with van der Waals surface area (Å²) in [7, 11) is 1.47. The number of hydrogen-bond donors (Lipinski definition) is 2. The molecule has 0 saturated heterocycles. The molecule has 2 N–H and O–H groups in total. The largest absolute Gasteiger partial charge is 0.493 e. The van der Waals surface area contributed by atoms with E-state index in [1.807, 2.05) is 18.2 Å². The van der Waals surface area contributed by atoms with Crippen molar-refractivity contribution in [2.24, 2.45) is 5.10 Å². The number of alkyl halides is 3. The van der Waals surface area contributed by atoms with Crippen molar-refractivity contribution in [1.29, 1.82) is 0 Å². The lowest BCUT2D eigenvalue weighted by atomic mass is 10.1. The van der Waals surface area contributed by atoms with Crippen LogP contribution >= 0.6 is 11.6 Å². The van der Waals surface area contributed by atoms with E-state index in [0.29, 0.717) is 27.8 Å². The smallest absolute Gasteiger partial charge is 0.416 e. The number of nitrogens with one attached hydrogen (secondary N) is 2. The van der Waals surface area contributed by atoms with Gasteiger partial charge in [-0.3, -0.25) is 9.59 Å². The van der Waals surface area contributed by atoms with Crippen LogP contribution in [0.2, 0.25) is 5.02 Å². The van der Waals surface area contributed by atoms with Gasteiger partial charge in [0.05, 0.1) is 18.4 Å². The molecule has 7 nitrogen and oxygen atoms in total. The third kappa shape index (κ3) is 6.98. The molecule has 3 aromatic rings. The van der Waals surface area contributed by atoms with Crippen molar-refractivity contribution in [3.05, 3.63) is 88.4 Å². The lowest BCUT2D eigenvalue weighted by Crippen LogP contribution is -2.33. The summed E-state index contributed by atoms with van der Waals surface area (Å²) in [5.41, 5.74) is 2.65. The van der Waals surface area contributed by atoms with Gasteiger partial charge in [-0.05, 0) is 49.4 Å². The molecule has 0 atom stereocenters. The van der Waals surface area contributed by atoms with Crippen molar-refractivity contribution in [3.8, 4) is 11.5 Å². The third-order valence-corrected chi connectivity index (χ3v) is 5.27. The molecule has 0 aliphatic rings. The first-order chi connectivity index (χ1) is 17.1. The summed E-state index contributed by atoms with van der Waals surface area (Å²) < 4.78 is 49.6. The molecule has 0 unspecified atom stereocenters. The van der Waals surface area contributed by atoms with Gasteiger partial charge in [0.2, 0.25) is 0 Å². The van der Waals surface area contributed by atoms with Gasteiger partial charge >= 0.3 is 18.0 Å². The number of amides is 2.